The van der Waals surface area contributed by atoms with Crippen molar-refractivity contribution in [1.29, 1.82) is 0 Å². The molecular weight excluding hydrogens is 338 g/mol. The van der Waals surface area contributed by atoms with Crippen LogP contribution in [-0.4, -0.2) is 31.6 Å². The van der Waals surface area contributed by atoms with Crippen LogP contribution in [0.4, 0.5) is 0 Å². The molecule has 0 fully saturated rings. The van der Waals surface area contributed by atoms with E-state index in [1.165, 1.54) is 0 Å². The Labute approximate surface area is 149 Å². The fourth-order valence-electron chi connectivity index (χ4n) is 2.98. The Morgan fingerprint density at radius 3 is 2.96 bits per heavy atom. The van der Waals surface area contributed by atoms with E-state index in [1.54, 1.807) is 0 Å². The van der Waals surface area contributed by atoms with E-state index in [0.29, 0.717) is 23.7 Å². The van der Waals surface area contributed by atoms with Gasteiger partial charge in [0.15, 0.2) is 5.65 Å². The van der Waals surface area contributed by atoms with Crippen molar-refractivity contribution >= 4 is 34.1 Å². The topological polar surface area (TPSA) is 64.2 Å². The van der Waals surface area contributed by atoms with Crippen LogP contribution in [0.15, 0.2) is 48.7 Å². The molecule has 3 heterocycles. The van der Waals surface area contributed by atoms with Crippen LogP contribution < -0.4 is 5.32 Å². The number of aryl methyl sites for hydroxylation is 1. The Morgan fingerprint density at radius 1 is 1.20 bits per heavy atom. The third kappa shape index (κ3) is 2.85. The maximum Gasteiger partial charge on any atom is 0.267 e. The molecule has 0 unspecified atom stereocenters. The van der Waals surface area contributed by atoms with Crippen LogP contribution in [0.25, 0.3) is 16.6 Å². The van der Waals surface area contributed by atoms with Gasteiger partial charge in [-0.25, -0.2) is 0 Å². The molecule has 3 aromatic heterocycles. The monoisotopic (exact) mass is 353 g/mol. The van der Waals surface area contributed by atoms with Crippen molar-refractivity contribution in [3.8, 4) is 0 Å². The number of carbonyl (C=O) groups is 1. The van der Waals surface area contributed by atoms with E-state index in [0.717, 1.165) is 22.4 Å². The Morgan fingerprint density at radius 2 is 2.08 bits per heavy atom. The van der Waals surface area contributed by atoms with Gasteiger partial charge in [-0.1, -0.05) is 17.7 Å². The molecule has 0 saturated heterocycles. The summed E-state index contributed by atoms with van der Waals surface area (Å²) in [5, 5.41) is 12.8. The number of nitrogens with one attached hydrogen (secondary N) is 1. The van der Waals surface area contributed by atoms with Crippen molar-refractivity contribution in [2.24, 2.45) is 7.05 Å². The maximum absolute atomic E-state index is 12.5. The number of hydrogen-bond donors (Lipinski definition) is 1. The largest absolute Gasteiger partial charge is 0.350 e. The highest BCUT2D eigenvalue weighted by Gasteiger charge is 2.13. The van der Waals surface area contributed by atoms with Gasteiger partial charge in [-0.05, 0) is 36.4 Å². The first-order chi connectivity index (χ1) is 12.1. The second kappa shape index (κ2) is 6.22. The van der Waals surface area contributed by atoms with Crippen LogP contribution in [-0.2, 0) is 13.5 Å². The molecule has 0 aliphatic carbocycles. The quantitative estimate of drug-likeness (QED) is 0.613. The zero-order chi connectivity index (χ0) is 17.4. The van der Waals surface area contributed by atoms with Gasteiger partial charge in [0.1, 0.15) is 11.5 Å². The third-order valence-corrected chi connectivity index (χ3v) is 4.49. The Kier molecular flexibility index (Phi) is 3.89. The van der Waals surface area contributed by atoms with Crippen LogP contribution in [0.1, 0.15) is 16.3 Å². The molecule has 0 aliphatic rings. The summed E-state index contributed by atoms with van der Waals surface area (Å²) in [6.07, 6.45) is 2.52. The average Bonchev–Trinajstić information content (AvgIpc) is 3.16. The SMILES string of the molecule is Cn1c(C(=O)NCCc2nnc3ccccn23)cc2cc(Cl)ccc21. The molecular formula is C18H16ClN5O. The first kappa shape index (κ1) is 15.7. The highest BCUT2D eigenvalue weighted by molar-refractivity contribution is 6.31. The minimum absolute atomic E-state index is 0.122. The number of fused-ring (bicyclic) bond motifs is 2. The molecule has 25 heavy (non-hydrogen) atoms. The first-order valence-corrected chi connectivity index (χ1v) is 8.33. The van der Waals surface area contributed by atoms with E-state index in [1.807, 2.05) is 64.7 Å². The predicted octanol–water partition coefficient (Wildman–Crippen LogP) is 2.85. The van der Waals surface area contributed by atoms with E-state index in [-0.39, 0.29) is 5.91 Å². The van der Waals surface area contributed by atoms with Crippen LogP contribution in [0, 0.1) is 0 Å². The van der Waals surface area contributed by atoms with E-state index < -0.39 is 0 Å². The Balaban J connectivity index is 1.48. The van der Waals surface area contributed by atoms with Crippen LogP contribution in [0.3, 0.4) is 0 Å². The molecule has 4 aromatic rings. The van der Waals surface area contributed by atoms with Crippen LogP contribution in [0.5, 0.6) is 0 Å². The van der Waals surface area contributed by atoms with E-state index in [2.05, 4.69) is 15.5 Å². The standard InChI is InChI=1S/C18H16ClN5O/c1-23-14-6-5-13(19)10-12(14)11-15(23)18(25)20-8-7-17-22-21-16-4-2-3-9-24(16)17/h2-6,9-11H,7-8H2,1H3,(H,20,25). The molecule has 0 spiro atoms. The summed E-state index contributed by atoms with van der Waals surface area (Å²) in [6, 6.07) is 13.2. The van der Waals surface area contributed by atoms with Gasteiger partial charge in [-0.2, -0.15) is 0 Å². The van der Waals surface area contributed by atoms with Gasteiger partial charge in [0.05, 0.1) is 0 Å². The number of pyridine rings is 1. The van der Waals surface area contributed by atoms with Crippen molar-refractivity contribution in [3.05, 3.63) is 65.2 Å². The van der Waals surface area contributed by atoms with Gasteiger partial charge in [-0.3, -0.25) is 9.20 Å². The summed E-state index contributed by atoms with van der Waals surface area (Å²) in [5.41, 5.74) is 2.37. The summed E-state index contributed by atoms with van der Waals surface area (Å²) in [6.45, 7) is 0.483. The summed E-state index contributed by atoms with van der Waals surface area (Å²) in [4.78, 5) is 12.5. The van der Waals surface area contributed by atoms with E-state index in [9.17, 15) is 4.79 Å². The number of halogens is 1. The minimum atomic E-state index is -0.122. The summed E-state index contributed by atoms with van der Waals surface area (Å²) in [7, 11) is 1.87. The van der Waals surface area contributed by atoms with Gasteiger partial charge in [0, 0.05) is 42.1 Å². The lowest BCUT2D eigenvalue weighted by Gasteiger charge is -2.06. The van der Waals surface area contributed by atoms with Crippen molar-refractivity contribution in [1.82, 2.24) is 24.5 Å². The molecule has 0 radical (unpaired) electrons. The Bertz CT molecular complexity index is 1080. The second-order valence-corrected chi connectivity index (χ2v) is 6.28. The zero-order valence-corrected chi connectivity index (χ0v) is 14.4. The van der Waals surface area contributed by atoms with Gasteiger partial charge < -0.3 is 9.88 Å². The predicted molar refractivity (Wildman–Crippen MR) is 97.0 cm³/mol. The van der Waals surface area contributed by atoms with Crippen molar-refractivity contribution in [2.45, 2.75) is 6.42 Å². The van der Waals surface area contributed by atoms with Crippen LogP contribution in [0.2, 0.25) is 5.02 Å². The lowest BCUT2D eigenvalue weighted by Crippen LogP contribution is -2.27. The summed E-state index contributed by atoms with van der Waals surface area (Å²) in [5.74, 6) is 0.698. The number of carbonyl (C=O) groups excluding carboxylic acids is 1. The highest BCUT2D eigenvalue weighted by atomic mass is 35.5. The molecule has 7 heteroatoms. The first-order valence-electron chi connectivity index (χ1n) is 7.95. The van der Waals surface area contributed by atoms with Gasteiger partial charge in [-0.15, -0.1) is 10.2 Å². The van der Waals surface area contributed by atoms with Crippen LogP contribution >= 0.6 is 11.6 Å². The fourth-order valence-corrected chi connectivity index (χ4v) is 3.16. The van der Waals surface area contributed by atoms with Crippen molar-refractivity contribution in [2.75, 3.05) is 6.54 Å². The van der Waals surface area contributed by atoms with E-state index >= 15 is 0 Å². The molecule has 126 valence electrons. The second-order valence-electron chi connectivity index (χ2n) is 5.84. The molecule has 1 amide bonds. The number of nitrogens with zero attached hydrogens (tertiary/aromatic N) is 4. The number of aromatic nitrogens is 4. The Hall–Kier alpha value is -2.86. The van der Waals surface area contributed by atoms with Gasteiger partial charge >= 0.3 is 0 Å². The minimum Gasteiger partial charge on any atom is -0.350 e. The normalized spacial score (nSPS) is 11.3. The molecule has 0 saturated carbocycles. The molecule has 1 aromatic carbocycles. The number of benzene rings is 1. The lowest BCUT2D eigenvalue weighted by molar-refractivity contribution is 0.0946. The summed E-state index contributed by atoms with van der Waals surface area (Å²) >= 11 is 6.02. The van der Waals surface area contributed by atoms with E-state index in [4.69, 9.17) is 11.6 Å². The fraction of sp³-hybridized carbons (Fsp3) is 0.167. The number of amides is 1. The molecule has 1 N–H and O–H groups in total. The lowest BCUT2D eigenvalue weighted by atomic mass is 10.2. The average molecular weight is 354 g/mol. The smallest absolute Gasteiger partial charge is 0.267 e. The number of rotatable bonds is 4. The van der Waals surface area contributed by atoms with Crippen molar-refractivity contribution < 1.29 is 4.79 Å². The van der Waals surface area contributed by atoms with Gasteiger partial charge in [0.25, 0.3) is 5.91 Å². The third-order valence-electron chi connectivity index (χ3n) is 4.26. The number of hydrogen-bond acceptors (Lipinski definition) is 3. The molecule has 0 aliphatic heterocycles. The molecule has 0 atom stereocenters. The van der Waals surface area contributed by atoms with Gasteiger partial charge in [0.2, 0.25) is 0 Å². The molecule has 0 bridgehead atoms. The van der Waals surface area contributed by atoms with Crippen molar-refractivity contribution in [3.63, 3.8) is 0 Å². The molecule has 4 rings (SSSR count). The zero-order valence-electron chi connectivity index (χ0n) is 13.6. The summed E-state index contributed by atoms with van der Waals surface area (Å²) < 4.78 is 3.79. The maximum atomic E-state index is 12.5. The molecule has 6 nitrogen and oxygen atoms in total. The highest BCUT2D eigenvalue weighted by Crippen LogP contribution is 2.22.